The summed E-state index contributed by atoms with van der Waals surface area (Å²) >= 11 is 0. The Hall–Kier alpha value is -2.65. The Morgan fingerprint density at radius 2 is 2.08 bits per heavy atom. The van der Waals surface area contributed by atoms with E-state index in [0.29, 0.717) is 28.7 Å². The fourth-order valence-electron chi connectivity index (χ4n) is 2.97. The lowest BCUT2D eigenvalue weighted by atomic mass is 10.0. The van der Waals surface area contributed by atoms with Crippen molar-refractivity contribution in [3.8, 4) is 5.82 Å². The number of amides is 1. The molecule has 0 aliphatic heterocycles. The van der Waals surface area contributed by atoms with Gasteiger partial charge in [-0.05, 0) is 32.6 Å². The number of rotatable bonds is 3. The molecule has 0 bridgehead atoms. The van der Waals surface area contributed by atoms with Crippen molar-refractivity contribution in [2.45, 2.75) is 45.3 Å². The summed E-state index contributed by atoms with van der Waals surface area (Å²) in [5, 5.41) is 6.21. The molecular weight excluding hydrogens is 351 g/mol. The van der Waals surface area contributed by atoms with Gasteiger partial charge in [-0.3, -0.25) is 4.79 Å². The van der Waals surface area contributed by atoms with Crippen LogP contribution in [0, 0.1) is 10.8 Å². The topological polar surface area (TPSA) is 85.7 Å². The molecule has 26 heavy (non-hydrogen) atoms. The molecule has 1 unspecified atom stereocenters. The maximum atomic E-state index is 13.1. The van der Waals surface area contributed by atoms with Crippen LogP contribution in [0.25, 0.3) is 5.82 Å². The van der Waals surface area contributed by atoms with Gasteiger partial charge in [-0.15, -0.1) is 0 Å². The molecule has 7 nitrogen and oxygen atoms in total. The summed E-state index contributed by atoms with van der Waals surface area (Å²) in [5.41, 5.74) is -1.10. The van der Waals surface area contributed by atoms with E-state index < -0.39 is 17.6 Å². The number of hydrogen-bond acceptors (Lipinski definition) is 3. The maximum absolute atomic E-state index is 13.1. The van der Waals surface area contributed by atoms with Gasteiger partial charge in [-0.1, -0.05) is 6.92 Å². The molecule has 0 saturated carbocycles. The molecule has 2 aromatic rings. The zero-order chi connectivity index (χ0) is 19.3. The Bertz CT molecular complexity index is 913. The number of carbonyl (C=O) groups excluding carboxylic acids is 1. The van der Waals surface area contributed by atoms with Gasteiger partial charge < -0.3 is 10.3 Å². The lowest BCUT2D eigenvalue weighted by Gasteiger charge is -2.28. The van der Waals surface area contributed by atoms with Crippen LogP contribution in [0.1, 0.15) is 42.5 Å². The Morgan fingerprint density at radius 1 is 1.38 bits per heavy atom. The molecule has 3 rings (SSSR count). The maximum Gasteiger partial charge on any atom is 0.410 e. The molecular formula is C16H19F3N5O2+. The van der Waals surface area contributed by atoms with Crippen LogP contribution in [-0.2, 0) is 12.8 Å². The van der Waals surface area contributed by atoms with E-state index in [1.54, 1.807) is 0 Å². The molecule has 0 fully saturated rings. The van der Waals surface area contributed by atoms with Crippen molar-refractivity contribution in [1.29, 1.82) is 0 Å². The van der Waals surface area contributed by atoms with Crippen molar-refractivity contribution in [2.24, 2.45) is 5.92 Å². The summed E-state index contributed by atoms with van der Waals surface area (Å²) in [7, 11) is 0. The first-order valence-electron chi connectivity index (χ1n) is 8.10. The van der Waals surface area contributed by atoms with Gasteiger partial charge >= 0.3 is 6.18 Å². The van der Waals surface area contributed by atoms with Gasteiger partial charge in [0.05, 0.1) is 16.3 Å². The van der Waals surface area contributed by atoms with Crippen molar-refractivity contribution >= 4 is 5.91 Å². The van der Waals surface area contributed by atoms with Gasteiger partial charge in [-0.2, -0.15) is 18.3 Å². The van der Waals surface area contributed by atoms with Crippen LogP contribution in [0.3, 0.4) is 0 Å². The lowest BCUT2D eigenvalue weighted by Crippen LogP contribution is -2.54. The fraction of sp³-hybridized carbons (Fsp3) is 0.500. The van der Waals surface area contributed by atoms with E-state index in [1.165, 1.54) is 23.3 Å². The van der Waals surface area contributed by atoms with E-state index in [0.717, 1.165) is 19.5 Å². The highest BCUT2D eigenvalue weighted by atomic mass is 19.4. The summed E-state index contributed by atoms with van der Waals surface area (Å²) in [6.07, 6.45) is 0.478. The fourth-order valence-corrected chi connectivity index (χ4v) is 2.97. The van der Waals surface area contributed by atoms with Crippen LogP contribution in [0.15, 0.2) is 18.6 Å². The van der Waals surface area contributed by atoms with E-state index in [1.807, 2.05) is 12.2 Å². The zero-order valence-electron chi connectivity index (χ0n) is 14.5. The number of nitrogens with one attached hydrogen (secondary N) is 2. The number of H-pyrrole nitrogens is 1. The highest BCUT2D eigenvalue weighted by Crippen LogP contribution is 2.33. The van der Waals surface area contributed by atoms with Crippen LogP contribution in [0.4, 0.5) is 13.2 Å². The van der Waals surface area contributed by atoms with Gasteiger partial charge in [0.1, 0.15) is 5.54 Å². The molecule has 2 heterocycles. The summed E-state index contributed by atoms with van der Waals surface area (Å²) in [5.74, 6) is -0.330. The molecule has 0 radical (unpaired) electrons. The third-order valence-corrected chi connectivity index (χ3v) is 4.46. The van der Waals surface area contributed by atoms with Gasteiger partial charge in [0.2, 0.25) is 12.0 Å². The number of aromatic nitrogens is 4. The Kier molecular flexibility index (Phi) is 4.16. The Morgan fingerprint density at radius 3 is 2.69 bits per heavy atom. The molecule has 1 aliphatic rings. The average Bonchev–Trinajstić information content (AvgIpc) is 3.02. The molecule has 1 aliphatic carbocycles. The van der Waals surface area contributed by atoms with Crippen molar-refractivity contribution in [3.63, 3.8) is 0 Å². The molecule has 140 valence electrons. The van der Waals surface area contributed by atoms with Crippen LogP contribution < -0.4 is 9.74 Å². The molecule has 2 aromatic heterocycles. The third kappa shape index (κ3) is 3.11. The number of halogens is 3. The predicted molar refractivity (Wildman–Crippen MR) is 85.5 cm³/mol. The summed E-state index contributed by atoms with van der Waals surface area (Å²) < 4.78 is 41.2. The second-order valence-electron chi connectivity index (χ2n) is 7.11. The van der Waals surface area contributed by atoms with Crippen molar-refractivity contribution in [2.75, 3.05) is 0 Å². The molecule has 0 aromatic carbocycles. The molecule has 0 spiro atoms. The van der Waals surface area contributed by atoms with Gasteiger partial charge in [0.25, 0.3) is 12.1 Å². The second kappa shape index (κ2) is 5.96. The van der Waals surface area contributed by atoms with Gasteiger partial charge in [0.15, 0.2) is 5.69 Å². The number of hydrogen-bond donors (Lipinski definition) is 2. The molecule has 1 atom stereocenters. The monoisotopic (exact) mass is 370 g/mol. The molecule has 10 heteroatoms. The van der Waals surface area contributed by atoms with Crippen molar-refractivity contribution < 1.29 is 22.4 Å². The van der Waals surface area contributed by atoms with E-state index >= 15 is 0 Å². The van der Waals surface area contributed by atoms with E-state index in [2.05, 4.69) is 10.1 Å². The summed E-state index contributed by atoms with van der Waals surface area (Å²) in [6, 6.07) is 0. The molecule has 2 N–H and O–H groups in total. The smallest absolute Gasteiger partial charge is 0.337 e. The van der Waals surface area contributed by atoms with E-state index in [9.17, 15) is 22.9 Å². The number of carbonyl (C=O) groups is 1. The largest absolute Gasteiger partial charge is 0.410 e. The molecule has 1 amide bonds. The highest BCUT2D eigenvalue weighted by Gasteiger charge is 2.49. The van der Waals surface area contributed by atoms with Crippen LogP contribution in [0.2, 0.25) is 0 Å². The third-order valence-electron chi connectivity index (χ3n) is 4.46. The SMILES string of the molecule is CC1Cc2c(C(=O)NC(C)(C)C(F)(F)F)nn(-c3c[n+](=O)cc[nH]3)c2C1. The van der Waals surface area contributed by atoms with Gasteiger partial charge in [0, 0.05) is 10.5 Å². The highest BCUT2D eigenvalue weighted by molar-refractivity contribution is 5.94. The minimum absolute atomic E-state index is 0.0450. The standard InChI is InChI=1S/C16H18F3N5O2/c1-9-6-10-11(7-9)24(12-8-23(26)5-4-20-12)22-13(10)14(25)21-15(2,3)16(17,18)19/h4-5,8-9H,6-7H2,1-3H3,(H-,20,21,25,26)/p+1. The second-order valence-corrected chi connectivity index (χ2v) is 7.11. The number of fused-ring (bicyclic) bond motifs is 1. The first-order chi connectivity index (χ1) is 12.0. The Labute approximate surface area is 146 Å². The Balaban J connectivity index is 2.03. The summed E-state index contributed by atoms with van der Waals surface area (Å²) in [6.45, 7) is 3.78. The minimum Gasteiger partial charge on any atom is -0.337 e. The first-order valence-corrected chi connectivity index (χ1v) is 8.10. The van der Waals surface area contributed by atoms with Crippen LogP contribution in [-0.4, -0.2) is 32.4 Å². The predicted octanol–water partition coefficient (Wildman–Crippen LogP) is 1.92. The van der Waals surface area contributed by atoms with Crippen molar-refractivity contribution in [3.05, 3.63) is 40.4 Å². The van der Waals surface area contributed by atoms with Crippen LogP contribution >= 0.6 is 0 Å². The van der Waals surface area contributed by atoms with E-state index in [-0.39, 0.29) is 11.6 Å². The van der Waals surface area contributed by atoms with E-state index in [4.69, 9.17) is 0 Å². The molecule has 0 saturated heterocycles. The summed E-state index contributed by atoms with van der Waals surface area (Å²) in [4.78, 5) is 26.9. The zero-order valence-corrected chi connectivity index (χ0v) is 14.5. The minimum atomic E-state index is -4.59. The lowest BCUT2D eigenvalue weighted by molar-refractivity contribution is -0.495. The van der Waals surface area contributed by atoms with Crippen LogP contribution in [0.5, 0.6) is 0 Å². The first kappa shape index (κ1) is 18.2. The average molecular weight is 370 g/mol. The number of alkyl halides is 3. The van der Waals surface area contributed by atoms with Crippen molar-refractivity contribution in [1.82, 2.24) is 20.1 Å². The van der Waals surface area contributed by atoms with Gasteiger partial charge in [-0.25, -0.2) is 4.68 Å². The number of nitrogens with zero attached hydrogens (tertiary/aromatic N) is 3. The quantitative estimate of drug-likeness (QED) is 0.810. The normalized spacial score (nSPS) is 17.2. The number of aromatic amines is 1.